The number of likely N-dealkylation sites (N-methyl/N-ethyl adjacent to an activating group) is 1. The molecule has 1 aromatic rings. The molecule has 1 atom stereocenters. The Hall–Kier alpha value is -1.76. The van der Waals surface area contributed by atoms with Crippen molar-refractivity contribution in [3.8, 4) is 0 Å². The maximum atomic E-state index is 2.25. The lowest BCUT2D eigenvalue weighted by Crippen LogP contribution is -2.25. The van der Waals surface area contributed by atoms with Crippen molar-refractivity contribution in [1.29, 1.82) is 0 Å². The Labute approximate surface area is 104 Å². The van der Waals surface area contributed by atoms with Gasteiger partial charge in [0.05, 0.1) is 6.04 Å². The van der Waals surface area contributed by atoms with Gasteiger partial charge in [0.25, 0.3) is 0 Å². The minimum absolute atomic E-state index is 0.366. The summed E-state index contributed by atoms with van der Waals surface area (Å²) >= 11 is 0. The predicted octanol–water partition coefficient (Wildman–Crippen LogP) is 3.86. The van der Waals surface area contributed by atoms with Crippen LogP contribution in [0, 0.1) is 0 Å². The summed E-state index contributed by atoms with van der Waals surface area (Å²) in [5.74, 6) is 0. The highest BCUT2D eigenvalue weighted by atomic mass is 15.1. The van der Waals surface area contributed by atoms with Crippen molar-refractivity contribution in [1.82, 2.24) is 4.90 Å². The summed E-state index contributed by atoms with van der Waals surface area (Å²) in [4.78, 5) is 2.25. The first-order valence-electron chi connectivity index (χ1n) is 6.13. The van der Waals surface area contributed by atoms with Crippen molar-refractivity contribution < 1.29 is 0 Å². The first kappa shape index (κ1) is 11.7. The molecule has 0 spiro atoms. The van der Waals surface area contributed by atoms with E-state index in [1.165, 1.54) is 11.1 Å². The van der Waals surface area contributed by atoms with Crippen LogP contribution >= 0.6 is 0 Å². The Bertz CT molecular complexity index is 440. The minimum atomic E-state index is 0.366. The summed E-state index contributed by atoms with van der Waals surface area (Å²) < 4.78 is 0. The van der Waals surface area contributed by atoms with Gasteiger partial charge in [-0.2, -0.15) is 0 Å². The summed E-state index contributed by atoms with van der Waals surface area (Å²) in [7, 11) is 2.12. The lowest BCUT2D eigenvalue weighted by atomic mass is 10.1. The van der Waals surface area contributed by atoms with Crippen LogP contribution in [0.4, 0.5) is 0 Å². The van der Waals surface area contributed by atoms with Crippen molar-refractivity contribution in [3.05, 3.63) is 65.9 Å². The minimum Gasteiger partial charge on any atom is -0.370 e. The van der Waals surface area contributed by atoms with Crippen LogP contribution in [0.2, 0.25) is 0 Å². The molecule has 88 valence electrons. The monoisotopic (exact) mass is 225 g/mol. The zero-order valence-electron chi connectivity index (χ0n) is 10.5. The van der Waals surface area contributed by atoms with Crippen LogP contribution in [0.15, 0.2) is 60.3 Å². The molecule has 17 heavy (non-hydrogen) atoms. The Kier molecular flexibility index (Phi) is 3.81. The SMILES string of the molecule is CCC1=CN(C)C(/C=C/c2ccccc2)C=C1. The van der Waals surface area contributed by atoms with Crippen molar-refractivity contribution in [2.24, 2.45) is 0 Å². The normalized spacial score (nSPS) is 19.8. The molecular formula is C16H19N. The van der Waals surface area contributed by atoms with Crippen LogP contribution < -0.4 is 0 Å². The summed E-state index contributed by atoms with van der Waals surface area (Å²) in [6.45, 7) is 2.18. The van der Waals surface area contributed by atoms with Crippen molar-refractivity contribution in [3.63, 3.8) is 0 Å². The second-order valence-electron chi connectivity index (χ2n) is 4.34. The number of hydrogen-bond donors (Lipinski definition) is 0. The molecule has 0 amide bonds. The Balaban J connectivity index is 2.04. The molecular weight excluding hydrogens is 206 g/mol. The van der Waals surface area contributed by atoms with Gasteiger partial charge < -0.3 is 4.90 Å². The van der Waals surface area contributed by atoms with Crippen molar-refractivity contribution in [2.45, 2.75) is 19.4 Å². The molecule has 0 aliphatic carbocycles. The molecule has 0 aromatic heterocycles. The molecule has 0 fully saturated rings. The standard InChI is InChI=1S/C16H19N/c1-3-14-9-11-16(17(2)13-14)12-10-15-7-5-4-6-8-15/h4-13,16H,3H2,1-2H3/b12-10+. The van der Waals surface area contributed by atoms with Crippen LogP contribution in [0.1, 0.15) is 18.9 Å². The van der Waals surface area contributed by atoms with E-state index in [1.54, 1.807) is 0 Å². The van der Waals surface area contributed by atoms with Crippen LogP contribution in [-0.2, 0) is 0 Å². The third kappa shape index (κ3) is 3.10. The largest absolute Gasteiger partial charge is 0.370 e. The highest BCUT2D eigenvalue weighted by Crippen LogP contribution is 2.16. The van der Waals surface area contributed by atoms with E-state index in [-0.39, 0.29) is 0 Å². The van der Waals surface area contributed by atoms with E-state index in [4.69, 9.17) is 0 Å². The topological polar surface area (TPSA) is 3.24 Å². The van der Waals surface area contributed by atoms with Gasteiger partial charge in [-0.1, -0.05) is 61.6 Å². The van der Waals surface area contributed by atoms with Crippen LogP contribution in [0.5, 0.6) is 0 Å². The van der Waals surface area contributed by atoms with E-state index >= 15 is 0 Å². The maximum absolute atomic E-state index is 2.25. The smallest absolute Gasteiger partial charge is 0.0655 e. The third-order valence-corrected chi connectivity index (χ3v) is 3.04. The van der Waals surface area contributed by atoms with E-state index in [0.717, 1.165) is 6.42 Å². The number of benzene rings is 1. The molecule has 0 bridgehead atoms. The lowest BCUT2D eigenvalue weighted by Gasteiger charge is -2.25. The quantitative estimate of drug-likeness (QED) is 0.755. The van der Waals surface area contributed by atoms with Gasteiger partial charge in [0.15, 0.2) is 0 Å². The zero-order chi connectivity index (χ0) is 12.1. The third-order valence-electron chi connectivity index (χ3n) is 3.04. The van der Waals surface area contributed by atoms with Gasteiger partial charge in [0, 0.05) is 13.2 Å². The van der Waals surface area contributed by atoms with Crippen LogP contribution in [-0.4, -0.2) is 18.0 Å². The van der Waals surface area contributed by atoms with E-state index in [1.807, 2.05) is 6.07 Å². The van der Waals surface area contributed by atoms with E-state index in [0.29, 0.717) is 6.04 Å². The number of nitrogens with zero attached hydrogens (tertiary/aromatic N) is 1. The number of hydrogen-bond acceptors (Lipinski definition) is 1. The highest BCUT2D eigenvalue weighted by molar-refractivity contribution is 5.50. The Morgan fingerprint density at radius 3 is 2.65 bits per heavy atom. The molecule has 1 aromatic carbocycles. The van der Waals surface area contributed by atoms with E-state index in [9.17, 15) is 0 Å². The number of allylic oxidation sites excluding steroid dienone is 2. The Morgan fingerprint density at radius 1 is 1.24 bits per heavy atom. The summed E-state index contributed by atoms with van der Waals surface area (Å²) in [6, 6.07) is 10.8. The summed E-state index contributed by atoms with van der Waals surface area (Å²) in [6.07, 6.45) is 12.2. The predicted molar refractivity (Wildman–Crippen MR) is 74.5 cm³/mol. The fraction of sp³-hybridized carbons (Fsp3) is 0.250. The van der Waals surface area contributed by atoms with Gasteiger partial charge in [-0.05, 0) is 17.6 Å². The lowest BCUT2D eigenvalue weighted by molar-refractivity contribution is 0.429. The van der Waals surface area contributed by atoms with Gasteiger partial charge in [0.2, 0.25) is 0 Å². The van der Waals surface area contributed by atoms with Gasteiger partial charge in [-0.25, -0.2) is 0 Å². The molecule has 0 saturated carbocycles. The van der Waals surface area contributed by atoms with Crippen LogP contribution in [0.25, 0.3) is 6.08 Å². The van der Waals surface area contributed by atoms with Gasteiger partial charge >= 0.3 is 0 Å². The molecule has 2 rings (SSSR count). The first-order chi connectivity index (χ1) is 8.29. The molecule has 1 unspecified atom stereocenters. The molecule has 0 saturated heterocycles. The van der Waals surface area contributed by atoms with Gasteiger partial charge in [-0.3, -0.25) is 0 Å². The maximum Gasteiger partial charge on any atom is 0.0655 e. The van der Waals surface area contributed by atoms with Crippen molar-refractivity contribution in [2.75, 3.05) is 7.05 Å². The van der Waals surface area contributed by atoms with Gasteiger partial charge in [-0.15, -0.1) is 0 Å². The summed E-state index contributed by atoms with van der Waals surface area (Å²) in [5.41, 5.74) is 2.64. The molecule has 0 radical (unpaired) electrons. The first-order valence-corrected chi connectivity index (χ1v) is 6.13. The average molecular weight is 225 g/mol. The Morgan fingerprint density at radius 2 is 2.00 bits per heavy atom. The fourth-order valence-corrected chi connectivity index (χ4v) is 1.93. The zero-order valence-corrected chi connectivity index (χ0v) is 10.5. The summed E-state index contributed by atoms with van der Waals surface area (Å²) in [5, 5.41) is 0. The molecule has 1 aliphatic rings. The van der Waals surface area contributed by atoms with E-state index in [2.05, 4.69) is 73.6 Å². The van der Waals surface area contributed by atoms with Crippen LogP contribution in [0.3, 0.4) is 0 Å². The second-order valence-corrected chi connectivity index (χ2v) is 4.34. The molecule has 0 N–H and O–H groups in total. The average Bonchev–Trinajstić information content (AvgIpc) is 2.38. The fourth-order valence-electron chi connectivity index (χ4n) is 1.93. The molecule has 1 nitrogen and oxygen atoms in total. The molecule has 1 aliphatic heterocycles. The molecule has 1 heteroatoms. The second kappa shape index (κ2) is 5.53. The highest BCUT2D eigenvalue weighted by Gasteiger charge is 2.09. The van der Waals surface area contributed by atoms with Gasteiger partial charge in [0.1, 0.15) is 0 Å². The number of rotatable bonds is 3. The van der Waals surface area contributed by atoms with Crippen molar-refractivity contribution >= 4 is 6.08 Å². The molecule has 1 heterocycles. The van der Waals surface area contributed by atoms with E-state index < -0.39 is 0 Å².